The number of hydrogen-bond donors (Lipinski definition) is 5. The largest absolute Gasteiger partial charge is 0.469 e. The molecule has 19 nitrogen and oxygen atoms in total. The van der Waals surface area contributed by atoms with Gasteiger partial charge in [-0.1, -0.05) is 6.92 Å². The molecule has 272 valence electrons. The van der Waals surface area contributed by atoms with Gasteiger partial charge in [0.15, 0.2) is 0 Å². The molecule has 0 aromatic rings. The Morgan fingerprint density at radius 3 is 0.978 bits per heavy atom. The molecule has 45 heavy (non-hydrogen) atoms. The van der Waals surface area contributed by atoms with Crippen molar-refractivity contribution in [1.82, 2.24) is 0 Å². The van der Waals surface area contributed by atoms with Gasteiger partial charge in [0.1, 0.15) is 0 Å². The zero-order valence-electron chi connectivity index (χ0n) is 25.9. The van der Waals surface area contributed by atoms with Crippen molar-refractivity contribution in [2.24, 2.45) is 5.41 Å². The molecular weight excluding hydrogens is 673 g/mol. The first-order valence-electron chi connectivity index (χ1n) is 14.1. The second-order valence-electron chi connectivity index (χ2n) is 9.44. The Labute approximate surface area is 264 Å². The highest BCUT2D eigenvalue weighted by molar-refractivity contribution is 7.51. The van der Waals surface area contributed by atoms with Crippen molar-refractivity contribution >= 4 is 23.2 Å². The van der Waals surface area contributed by atoms with Crippen LogP contribution in [0, 0.1) is 5.41 Å². The van der Waals surface area contributed by atoms with E-state index in [1.165, 1.54) is 0 Å². The van der Waals surface area contributed by atoms with Crippen molar-refractivity contribution in [3.05, 3.63) is 0 Å². The van der Waals surface area contributed by atoms with Gasteiger partial charge in [0.2, 0.25) is 0 Å². The summed E-state index contributed by atoms with van der Waals surface area (Å²) >= 11 is 0. The molecule has 1 atom stereocenters. The Balaban J connectivity index is 4.96. The summed E-state index contributed by atoms with van der Waals surface area (Å²) in [5.74, 6) is 0. The maximum atomic E-state index is 11.2. The van der Waals surface area contributed by atoms with E-state index in [2.05, 4.69) is 9.05 Å². The van der Waals surface area contributed by atoms with Gasteiger partial charge < -0.3 is 66.9 Å². The molecule has 0 aliphatic rings. The van der Waals surface area contributed by atoms with Crippen molar-refractivity contribution in [2.75, 3.05) is 132 Å². The fourth-order valence-corrected chi connectivity index (χ4v) is 4.16. The van der Waals surface area contributed by atoms with Crippen LogP contribution >= 0.6 is 23.2 Å². The van der Waals surface area contributed by atoms with Crippen LogP contribution in [0.25, 0.3) is 0 Å². The Kier molecular flexibility index (Phi) is 27.0. The molecule has 0 aromatic heterocycles. The normalized spacial score (nSPS) is 14.2. The highest BCUT2D eigenvalue weighted by Crippen LogP contribution is 2.36. The van der Waals surface area contributed by atoms with Crippen LogP contribution < -0.4 is 0 Å². The Morgan fingerprint density at radius 2 is 0.689 bits per heavy atom. The minimum Gasteiger partial charge on any atom is -0.379 e. The van der Waals surface area contributed by atoms with Crippen LogP contribution in [0.1, 0.15) is 13.3 Å². The molecule has 1 unspecified atom stereocenters. The van der Waals surface area contributed by atoms with E-state index in [0.717, 1.165) is 13.1 Å². The minimum absolute atomic E-state index is 0.0505. The van der Waals surface area contributed by atoms with Crippen LogP contribution in [-0.4, -0.2) is 157 Å². The van der Waals surface area contributed by atoms with Crippen LogP contribution in [0.5, 0.6) is 0 Å². The summed E-state index contributed by atoms with van der Waals surface area (Å²) in [6.07, 6.45) is 0.867. The summed E-state index contributed by atoms with van der Waals surface area (Å²) in [5, 5.41) is 0. The van der Waals surface area contributed by atoms with E-state index in [0.29, 0.717) is 19.8 Å². The minimum atomic E-state index is -4.57. The highest BCUT2D eigenvalue weighted by Gasteiger charge is 2.32. The molecule has 0 aliphatic carbocycles. The van der Waals surface area contributed by atoms with Gasteiger partial charge >= 0.3 is 23.2 Å². The van der Waals surface area contributed by atoms with Gasteiger partial charge in [0, 0.05) is 13.3 Å². The molecule has 0 amide bonds. The molecule has 0 fully saturated rings. The molecule has 0 radical (unpaired) electrons. The summed E-state index contributed by atoms with van der Waals surface area (Å²) in [6.45, 7) is 5.10. The number of hydrogen-bond acceptors (Lipinski definition) is 14. The molecule has 0 heterocycles. The number of phosphoric acid groups is 2. The van der Waals surface area contributed by atoms with Gasteiger partial charge in [0.05, 0.1) is 124 Å². The predicted octanol–water partition coefficient (Wildman–Crippen LogP) is 0.566. The van der Waals surface area contributed by atoms with Crippen molar-refractivity contribution < 1.29 is 89.6 Å². The fourth-order valence-electron chi connectivity index (χ4n) is 3.12. The number of rotatable bonds is 34. The van der Waals surface area contributed by atoms with Gasteiger partial charge in [-0.25, -0.2) is 9.13 Å². The Hall–Kier alpha value is 0.0500. The molecule has 22 heteroatoms. The highest BCUT2D eigenvalue weighted by atomic mass is 31.2. The maximum absolute atomic E-state index is 11.2. The van der Waals surface area contributed by atoms with Crippen LogP contribution in [0.2, 0.25) is 0 Å². The predicted molar refractivity (Wildman–Crippen MR) is 157 cm³/mol. The molecule has 5 N–H and O–H groups in total. The third kappa shape index (κ3) is 33.7. The average Bonchev–Trinajstić information content (AvgIpc) is 2.93. The topological polar surface area (TPSA) is 254 Å². The average molecular weight is 725 g/mol. The molecule has 0 saturated heterocycles. The Bertz CT molecular complexity index is 739. The summed E-state index contributed by atoms with van der Waals surface area (Å²) in [5.41, 5.74) is -0.813. The molecule has 0 aromatic carbocycles. The van der Waals surface area contributed by atoms with Crippen LogP contribution in [0.4, 0.5) is 0 Å². The van der Waals surface area contributed by atoms with E-state index in [-0.39, 0.29) is 106 Å². The number of ether oxygens (including phenoxy) is 8. The standard InChI is InChI=1S/C23H51O19P3/c1-3-4-32-5-9-36-19-23(20-37-10-6-33-13-16-40-43(2,24)25,21-38-11-7-34-14-17-41-44(26,27)28)22-39-12-8-35-15-18-42-45(29,30)31/h3-22H2,1-2H3,(H,24,25)(H2,26,27,28)(H2,29,30,31). The van der Waals surface area contributed by atoms with Crippen molar-refractivity contribution in [2.45, 2.75) is 13.3 Å². The van der Waals surface area contributed by atoms with Crippen molar-refractivity contribution in [3.63, 3.8) is 0 Å². The van der Waals surface area contributed by atoms with E-state index in [4.69, 9.17) is 66.9 Å². The van der Waals surface area contributed by atoms with E-state index >= 15 is 0 Å². The first-order chi connectivity index (χ1) is 21.2. The lowest BCUT2D eigenvalue weighted by Gasteiger charge is -2.33. The second kappa shape index (κ2) is 26.9. The van der Waals surface area contributed by atoms with Gasteiger partial charge in [0.25, 0.3) is 0 Å². The Morgan fingerprint density at radius 1 is 0.422 bits per heavy atom. The van der Waals surface area contributed by atoms with Crippen molar-refractivity contribution in [1.29, 1.82) is 0 Å². The molecule has 0 spiro atoms. The smallest absolute Gasteiger partial charge is 0.379 e. The molecule has 0 saturated carbocycles. The third-order valence-corrected chi connectivity index (χ3v) is 6.70. The number of phosphoric ester groups is 2. The molecular formula is C23H51O19P3. The SMILES string of the molecule is CCCOCCOCC(COCCOCCOP(C)(=O)O)(COCCOCCOP(=O)(O)O)COCCOCCOP(=O)(O)O. The third-order valence-electron chi connectivity index (χ3n) is 5.00. The zero-order valence-corrected chi connectivity index (χ0v) is 28.6. The lowest BCUT2D eigenvalue weighted by molar-refractivity contribution is -0.121. The van der Waals surface area contributed by atoms with Gasteiger partial charge in [-0.3, -0.25) is 13.6 Å². The lowest BCUT2D eigenvalue weighted by atomic mass is 9.92. The molecule has 0 rings (SSSR count). The first-order valence-corrected chi connectivity index (χ1v) is 19.2. The summed E-state index contributed by atoms with van der Waals surface area (Å²) in [7, 11) is -12.7. The van der Waals surface area contributed by atoms with Crippen LogP contribution in [0.3, 0.4) is 0 Å². The van der Waals surface area contributed by atoms with Gasteiger partial charge in [-0.15, -0.1) is 0 Å². The summed E-state index contributed by atoms with van der Waals surface area (Å²) in [4.78, 5) is 44.0. The fraction of sp³-hybridized carbons (Fsp3) is 1.00. The van der Waals surface area contributed by atoms with Crippen LogP contribution in [0.15, 0.2) is 0 Å². The second-order valence-corrected chi connectivity index (χ2v) is 13.8. The first kappa shape index (κ1) is 45.0. The van der Waals surface area contributed by atoms with Gasteiger partial charge in [-0.05, 0) is 6.42 Å². The van der Waals surface area contributed by atoms with E-state index < -0.39 is 28.7 Å². The van der Waals surface area contributed by atoms with Crippen molar-refractivity contribution in [3.8, 4) is 0 Å². The lowest BCUT2D eigenvalue weighted by Crippen LogP contribution is -2.43. The van der Waals surface area contributed by atoms with Gasteiger partial charge in [-0.2, -0.15) is 0 Å². The quantitative estimate of drug-likeness (QED) is 0.0449. The van der Waals surface area contributed by atoms with Crippen LogP contribution in [-0.2, 0) is 65.2 Å². The zero-order chi connectivity index (χ0) is 33.9. The molecule has 0 bridgehead atoms. The van der Waals surface area contributed by atoms with E-state index in [1.54, 1.807) is 0 Å². The summed E-state index contributed by atoms with van der Waals surface area (Å²) in [6, 6.07) is 0. The monoisotopic (exact) mass is 724 g/mol. The molecule has 0 aliphatic heterocycles. The maximum Gasteiger partial charge on any atom is 0.469 e. The van der Waals surface area contributed by atoms with E-state index in [1.807, 2.05) is 6.92 Å². The van der Waals surface area contributed by atoms with E-state index in [9.17, 15) is 13.7 Å². The summed E-state index contributed by atoms with van der Waals surface area (Å²) < 4.78 is 90.7.